The second kappa shape index (κ2) is 10.1. The molecule has 0 aliphatic carbocycles. The number of pyridine rings is 2. The SMILES string of the molecule is Cc1c(COc2cccc(OCC3CCOCC3)c2)[nH]c2ccc(-c3cccnc3)cc2c1=O. The van der Waals surface area contributed by atoms with Gasteiger partial charge < -0.3 is 19.2 Å². The number of hydrogen-bond donors (Lipinski definition) is 1. The highest BCUT2D eigenvalue weighted by molar-refractivity contribution is 5.85. The van der Waals surface area contributed by atoms with E-state index in [1.54, 1.807) is 12.4 Å². The van der Waals surface area contributed by atoms with E-state index in [2.05, 4.69) is 9.97 Å². The molecule has 1 aliphatic rings. The molecule has 6 heteroatoms. The monoisotopic (exact) mass is 456 g/mol. The summed E-state index contributed by atoms with van der Waals surface area (Å²) in [6.07, 6.45) is 5.61. The topological polar surface area (TPSA) is 73.4 Å². The summed E-state index contributed by atoms with van der Waals surface area (Å²) in [6.45, 7) is 4.41. The number of aromatic amines is 1. The van der Waals surface area contributed by atoms with Crippen molar-refractivity contribution in [3.63, 3.8) is 0 Å². The number of nitrogens with one attached hydrogen (secondary N) is 1. The molecule has 2 aromatic heterocycles. The number of rotatable bonds is 7. The van der Waals surface area contributed by atoms with Gasteiger partial charge in [-0.1, -0.05) is 18.2 Å². The van der Waals surface area contributed by atoms with E-state index in [0.717, 1.165) is 54.1 Å². The molecule has 5 rings (SSSR count). The van der Waals surface area contributed by atoms with Crippen LogP contribution in [0.15, 0.2) is 71.8 Å². The van der Waals surface area contributed by atoms with Crippen LogP contribution >= 0.6 is 0 Å². The minimum atomic E-state index is 0.00614. The van der Waals surface area contributed by atoms with Gasteiger partial charge in [0.25, 0.3) is 0 Å². The van der Waals surface area contributed by atoms with Crippen LogP contribution in [0.3, 0.4) is 0 Å². The molecule has 6 nitrogen and oxygen atoms in total. The van der Waals surface area contributed by atoms with Gasteiger partial charge in [-0.2, -0.15) is 0 Å². The van der Waals surface area contributed by atoms with Crippen molar-refractivity contribution in [1.29, 1.82) is 0 Å². The van der Waals surface area contributed by atoms with Crippen LogP contribution in [0.4, 0.5) is 0 Å². The second-order valence-corrected chi connectivity index (χ2v) is 8.69. The number of nitrogens with zero attached hydrogens (tertiary/aromatic N) is 1. The Hall–Kier alpha value is -3.64. The molecule has 0 spiro atoms. The number of aromatic nitrogens is 2. The zero-order valence-electron chi connectivity index (χ0n) is 19.3. The van der Waals surface area contributed by atoms with E-state index in [9.17, 15) is 4.79 Å². The van der Waals surface area contributed by atoms with Crippen LogP contribution in [0.2, 0.25) is 0 Å². The van der Waals surface area contributed by atoms with Gasteiger partial charge >= 0.3 is 0 Å². The van der Waals surface area contributed by atoms with Gasteiger partial charge in [-0.15, -0.1) is 0 Å². The molecule has 174 valence electrons. The third-order valence-corrected chi connectivity index (χ3v) is 6.35. The maximum absolute atomic E-state index is 13.1. The molecule has 0 amide bonds. The number of benzene rings is 2. The first-order valence-electron chi connectivity index (χ1n) is 11.7. The van der Waals surface area contributed by atoms with Gasteiger partial charge in [-0.25, -0.2) is 0 Å². The average Bonchev–Trinajstić information content (AvgIpc) is 2.90. The van der Waals surface area contributed by atoms with Gasteiger partial charge in [0.05, 0.1) is 12.3 Å². The minimum absolute atomic E-state index is 0.00614. The van der Waals surface area contributed by atoms with Crippen LogP contribution in [0.5, 0.6) is 11.5 Å². The van der Waals surface area contributed by atoms with Crippen molar-refractivity contribution in [3.05, 3.63) is 88.5 Å². The van der Waals surface area contributed by atoms with E-state index < -0.39 is 0 Å². The number of H-pyrrole nitrogens is 1. The maximum atomic E-state index is 13.1. The molecule has 3 heterocycles. The Kier molecular flexibility index (Phi) is 6.58. The molecule has 0 saturated carbocycles. The molecular weight excluding hydrogens is 428 g/mol. The molecule has 1 fully saturated rings. The van der Waals surface area contributed by atoms with Crippen LogP contribution < -0.4 is 14.9 Å². The van der Waals surface area contributed by atoms with Crippen molar-refractivity contribution in [2.24, 2.45) is 5.92 Å². The largest absolute Gasteiger partial charge is 0.493 e. The molecular formula is C28H28N2O4. The number of hydrogen-bond acceptors (Lipinski definition) is 5. The Morgan fingerprint density at radius 2 is 1.82 bits per heavy atom. The molecule has 0 unspecified atom stereocenters. The Bertz CT molecular complexity index is 1330. The molecule has 0 atom stereocenters. The maximum Gasteiger partial charge on any atom is 0.192 e. The van der Waals surface area contributed by atoms with Crippen LogP contribution in [-0.2, 0) is 11.3 Å². The second-order valence-electron chi connectivity index (χ2n) is 8.69. The fourth-order valence-electron chi connectivity index (χ4n) is 4.23. The summed E-state index contributed by atoms with van der Waals surface area (Å²) < 4.78 is 17.4. The van der Waals surface area contributed by atoms with Gasteiger partial charge in [0.15, 0.2) is 5.43 Å². The van der Waals surface area contributed by atoms with Crippen molar-refractivity contribution in [3.8, 4) is 22.6 Å². The van der Waals surface area contributed by atoms with Gasteiger partial charge in [0, 0.05) is 53.7 Å². The van der Waals surface area contributed by atoms with Crippen LogP contribution in [-0.4, -0.2) is 29.8 Å². The summed E-state index contributed by atoms with van der Waals surface area (Å²) in [5.74, 6) is 2.02. The van der Waals surface area contributed by atoms with E-state index in [-0.39, 0.29) is 12.0 Å². The molecule has 0 bridgehead atoms. The van der Waals surface area contributed by atoms with Crippen LogP contribution in [0, 0.1) is 12.8 Å². The lowest BCUT2D eigenvalue weighted by Gasteiger charge is -2.22. The summed E-state index contributed by atoms with van der Waals surface area (Å²) in [5.41, 5.74) is 4.16. The van der Waals surface area contributed by atoms with Crippen molar-refractivity contribution in [1.82, 2.24) is 9.97 Å². The predicted octanol–water partition coefficient (Wildman–Crippen LogP) is 5.28. The zero-order valence-corrected chi connectivity index (χ0v) is 19.3. The standard InChI is InChI=1S/C28H28N2O4/c1-19-27(18-34-24-6-2-5-23(15-24)33-17-20-9-12-32-13-10-20)30-26-8-7-21(14-25(26)28(19)31)22-4-3-11-29-16-22/h2-8,11,14-16,20H,9-10,12-13,17-18H2,1H3,(H,30,31). The predicted molar refractivity (Wildman–Crippen MR) is 132 cm³/mol. The Balaban J connectivity index is 1.30. The third kappa shape index (κ3) is 4.97. The van der Waals surface area contributed by atoms with Crippen molar-refractivity contribution < 1.29 is 14.2 Å². The van der Waals surface area contributed by atoms with Gasteiger partial charge in [0.1, 0.15) is 18.1 Å². The van der Waals surface area contributed by atoms with E-state index >= 15 is 0 Å². The highest BCUT2D eigenvalue weighted by atomic mass is 16.5. The fourth-order valence-corrected chi connectivity index (χ4v) is 4.23. The Labute approximate surface area is 198 Å². The number of fused-ring (bicyclic) bond motifs is 1. The molecule has 4 aromatic rings. The Morgan fingerprint density at radius 1 is 1.00 bits per heavy atom. The lowest BCUT2D eigenvalue weighted by molar-refractivity contribution is 0.0497. The summed E-state index contributed by atoms with van der Waals surface area (Å²) in [5, 5.41) is 0.658. The van der Waals surface area contributed by atoms with Crippen molar-refractivity contribution in [2.75, 3.05) is 19.8 Å². The average molecular weight is 457 g/mol. The van der Waals surface area contributed by atoms with Gasteiger partial charge in [-0.05, 0) is 61.6 Å². The summed E-state index contributed by atoms with van der Waals surface area (Å²) in [6, 6.07) is 17.4. The van der Waals surface area contributed by atoms with E-state index in [1.165, 1.54) is 0 Å². The van der Waals surface area contributed by atoms with Crippen molar-refractivity contribution >= 4 is 10.9 Å². The molecule has 1 aliphatic heterocycles. The van der Waals surface area contributed by atoms with E-state index in [1.807, 2.05) is 61.5 Å². The summed E-state index contributed by atoms with van der Waals surface area (Å²) >= 11 is 0. The molecule has 2 aromatic carbocycles. The lowest BCUT2D eigenvalue weighted by atomic mass is 10.0. The summed E-state index contributed by atoms with van der Waals surface area (Å²) in [4.78, 5) is 20.7. The fraction of sp³-hybridized carbons (Fsp3) is 0.286. The molecule has 34 heavy (non-hydrogen) atoms. The molecule has 0 radical (unpaired) electrons. The minimum Gasteiger partial charge on any atom is -0.493 e. The van der Waals surface area contributed by atoms with Crippen LogP contribution in [0.1, 0.15) is 24.1 Å². The highest BCUT2D eigenvalue weighted by Crippen LogP contribution is 2.25. The van der Waals surface area contributed by atoms with Gasteiger partial charge in [0.2, 0.25) is 0 Å². The summed E-state index contributed by atoms with van der Waals surface area (Å²) in [7, 11) is 0. The quantitative estimate of drug-likeness (QED) is 0.409. The lowest BCUT2D eigenvalue weighted by Crippen LogP contribution is -2.21. The molecule has 1 saturated heterocycles. The highest BCUT2D eigenvalue weighted by Gasteiger charge is 2.15. The van der Waals surface area contributed by atoms with E-state index in [0.29, 0.717) is 29.2 Å². The Morgan fingerprint density at radius 3 is 2.62 bits per heavy atom. The first-order chi connectivity index (χ1) is 16.7. The van der Waals surface area contributed by atoms with E-state index in [4.69, 9.17) is 14.2 Å². The first kappa shape index (κ1) is 22.2. The first-order valence-corrected chi connectivity index (χ1v) is 11.7. The van der Waals surface area contributed by atoms with Crippen molar-refractivity contribution in [2.45, 2.75) is 26.4 Å². The molecule has 1 N–H and O–H groups in total. The zero-order chi connectivity index (χ0) is 23.3. The third-order valence-electron chi connectivity index (χ3n) is 6.35. The normalized spacial score (nSPS) is 14.3. The van der Waals surface area contributed by atoms with Crippen LogP contribution in [0.25, 0.3) is 22.0 Å². The smallest absolute Gasteiger partial charge is 0.192 e. The van der Waals surface area contributed by atoms with Gasteiger partial charge in [-0.3, -0.25) is 9.78 Å². The number of ether oxygens (including phenoxy) is 3.